The molecule has 2 rings (SSSR count). The second-order valence-electron chi connectivity index (χ2n) is 5.14. The van der Waals surface area contributed by atoms with Gasteiger partial charge in [0.05, 0.1) is 7.11 Å². The van der Waals surface area contributed by atoms with Crippen LogP contribution in [0.25, 0.3) is 0 Å². The molecule has 0 spiro atoms. The molecule has 0 saturated carbocycles. The predicted octanol–water partition coefficient (Wildman–Crippen LogP) is 3.76. The lowest BCUT2D eigenvalue weighted by Gasteiger charge is -2.14. The molecule has 0 radical (unpaired) electrons. The molecule has 0 saturated heterocycles. The van der Waals surface area contributed by atoms with Crippen molar-refractivity contribution in [3.63, 3.8) is 0 Å². The Morgan fingerprint density at radius 1 is 1.30 bits per heavy atom. The number of aromatic nitrogens is 1. The number of rotatable bonds is 7. The largest absolute Gasteiger partial charge is 0.497 e. The molecular formula is C17H24N2O. The predicted molar refractivity (Wildman–Crippen MR) is 83.0 cm³/mol. The van der Waals surface area contributed by atoms with Crippen LogP contribution < -0.4 is 10.1 Å². The highest BCUT2D eigenvalue weighted by Gasteiger charge is 2.06. The zero-order valence-electron chi connectivity index (χ0n) is 12.6. The van der Waals surface area contributed by atoms with Gasteiger partial charge in [-0.15, -0.1) is 0 Å². The molecule has 1 heterocycles. The molecule has 0 fully saturated rings. The summed E-state index contributed by atoms with van der Waals surface area (Å²) in [4.78, 5) is 0. The van der Waals surface area contributed by atoms with Crippen molar-refractivity contribution in [1.82, 2.24) is 9.88 Å². The Balaban J connectivity index is 1.91. The molecule has 3 nitrogen and oxygen atoms in total. The van der Waals surface area contributed by atoms with Crippen LogP contribution in [0.3, 0.4) is 0 Å². The number of methoxy groups -OCH3 is 1. The Bertz CT molecular complexity index is 533. The summed E-state index contributed by atoms with van der Waals surface area (Å²) in [6.45, 7) is 6.35. The van der Waals surface area contributed by atoms with Crippen LogP contribution in [0.15, 0.2) is 42.7 Å². The Hall–Kier alpha value is -1.74. The van der Waals surface area contributed by atoms with E-state index in [1.165, 1.54) is 17.5 Å². The lowest BCUT2D eigenvalue weighted by atomic mass is 10.1. The molecule has 2 aromatic rings. The Labute approximate surface area is 121 Å². The third kappa shape index (κ3) is 3.87. The minimum Gasteiger partial charge on any atom is -0.497 e. The first-order chi connectivity index (χ1) is 9.72. The number of nitrogens with zero attached hydrogens (tertiary/aromatic N) is 1. The van der Waals surface area contributed by atoms with Crippen LogP contribution in [0.4, 0.5) is 0 Å². The fourth-order valence-corrected chi connectivity index (χ4v) is 2.29. The molecule has 1 atom stereocenters. The average molecular weight is 272 g/mol. The summed E-state index contributed by atoms with van der Waals surface area (Å²) in [5.41, 5.74) is 2.57. The van der Waals surface area contributed by atoms with E-state index in [9.17, 15) is 0 Å². The van der Waals surface area contributed by atoms with Gasteiger partial charge in [-0.1, -0.05) is 19.1 Å². The zero-order valence-corrected chi connectivity index (χ0v) is 12.6. The SMILES string of the molecule is CCCn1ccc(CN[C@H](C)c2cccc(OC)c2)c1. The van der Waals surface area contributed by atoms with Crippen LogP contribution in [0.5, 0.6) is 5.75 Å². The number of ether oxygens (including phenoxy) is 1. The van der Waals surface area contributed by atoms with Crippen LogP contribution in [0, 0.1) is 0 Å². The molecule has 0 aliphatic heterocycles. The van der Waals surface area contributed by atoms with E-state index in [2.05, 4.69) is 54.3 Å². The number of hydrogen-bond donors (Lipinski definition) is 1. The first-order valence-electron chi connectivity index (χ1n) is 7.25. The van der Waals surface area contributed by atoms with Crippen molar-refractivity contribution in [2.75, 3.05) is 7.11 Å². The van der Waals surface area contributed by atoms with E-state index in [-0.39, 0.29) is 0 Å². The lowest BCUT2D eigenvalue weighted by Crippen LogP contribution is -2.17. The second kappa shape index (κ2) is 7.15. The van der Waals surface area contributed by atoms with E-state index < -0.39 is 0 Å². The van der Waals surface area contributed by atoms with Gasteiger partial charge < -0.3 is 14.6 Å². The van der Waals surface area contributed by atoms with Crippen LogP contribution in [-0.4, -0.2) is 11.7 Å². The molecule has 20 heavy (non-hydrogen) atoms. The number of aryl methyl sites for hydroxylation is 1. The normalized spacial score (nSPS) is 12.3. The van der Waals surface area contributed by atoms with Gasteiger partial charge in [0.2, 0.25) is 0 Å². The first kappa shape index (κ1) is 14.7. The van der Waals surface area contributed by atoms with E-state index in [1.54, 1.807) is 7.11 Å². The second-order valence-corrected chi connectivity index (χ2v) is 5.14. The van der Waals surface area contributed by atoms with E-state index in [4.69, 9.17) is 4.74 Å². The minimum atomic E-state index is 0.305. The third-order valence-corrected chi connectivity index (χ3v) is 3.50. The summed E-state index contributed by atoms with van der Waals surface area (Å²) in [6.07, 6.45) is 5.54. The maximum absolute atomic E-state index is 5.27. The average Bonchev–Trinajstić information content (AvgIpc) is 2.93. The van der Waals surface area contributed by atoms with Gasteiger partial charge in [0.1, 0.15) is 5.75 Å². The minimum absolute atomic E-state index is 0.305. The Kier molecular flexibility index (Phi) is 5.24. The fraction of sp³-hybridized carbons (Fsp3) is 0.412. The molecule has 0 aliphatic rings. The third-order valence-electron chi connectivity index (χ3n) is 3.50. The molecule has 1 N–H and O–H groups in total. The number of hydrogen-bond acceptors (Lipinski definition) is 2. The highest BCUT2D eigenvalue weighted by atomic mass is 16.5. The van der Waals surface area contributed by atoms with Gasteiger partial charge in [-0.3, -0.25) is 0 Å². The lowest BCUT2D eigenvalue weighted by molar-refractivity contribution is 0.413. The monoisotopic (exact) mass is 272 g/mol. The fourth-order valence-electron chi connectivity index (χ4n) is 2.29. The number of nitrogens with one attached hydrogen (secondary N) is 1. The maximum Gasteiger partial charge on any atom is 0.119 e. The van der Waals surface area contributed by atoms with Crippen molar-refractivity contribution >= 4 is 0 Å². The van der Waals surface area contributed by atoms with Crippen molar-refractivity contribution < 1.29 is 4.74 Å². The molecule has 0 aliphatic carbocycles. The highest BCUT2D eigenvalue weighted by molar-refractivity contribution is 5.30. The highest BCUT2D eigenvalue weighted by Crippen LogP contribution is 2.19. The molecule has 1 aromatic carbocycles. The van der Waals surface area contributed by atoms with Gasteiger partial charge in [-0.2, -0.15) is 0 Å². The van der Waals surface area contributed by atoms with E-state index in [0.717, 1.165) is 18.8 Å². The quantitative estimate of drug-likeness (QED) is 0.830. The molecule has 0 unspecified atom stereocenters. The summed E-state index contributed by atoms with van der Waals surface area (Å²) in [7, 11) is 1.70. The summed E-state index contributed by atoms with van der Waals surface area (Å²) in [6, 6.07) is 10.7. The summed E-state index contributed by atoms with van der Waals surface area (Å²) in [5.74, 6) is 0.908. The molecule has 1 aromatic heterocycles. The van der Waals surface area contributed by atoms with E-state index in [1.807, 2.05) is 12.1 Å². The summed E-state index contributed by atoms with van der Waals surface area (Å²) < 4.78 is 7.51. The van der Waals surface area contributed by atoms with Crippen LogP contribution in [-0.2, 0) is 13.1 Å². The van der Waals surface area contributed by atoms with Gasteiger partial charge in [0.25, 0.3) is 0 Å². The molecule has 108 valence electrons. The summed E-state index contributed by atoms with van der Waals surface area (Å²) in [5, 5.41) is 3.55. The van der Waals surface area contributed by atoms with Crippen molar-refractivity contribution in [3.05, 3.63) is 53.9 Å². The Morgan fingerprint density at radius 2 is 2.15 bits per heavy atom. The molecule has 0 amide bonds. The summed E-state index contributed by atoms with van der Waals surface area (Å²) >= 11 is 0. The number of benzene rings is 1. The molecular weight excluding hydrogens is 248 g/mol. The van der Waals surface area contributed by atoms with Crippen LogP contribution >= 0.6 is 0 Å². The molecule has 3 heteroatoms. The van der Waals surface area contributed by atoms with Crippen molar-refractivity contribution in [3.8, 4) is 5.75 Å². The standard InChI is InChI=1S/C17H24N2O/c1-4-9-19-10-8-15(13-19)12-18-14(2)16-6-5-7-17(11-16)20-3/h5-8,10-11,13-14,18H,4,9,12H2,1-3H3/t14-/m1/s1. The van der Waals surface area contributed by atoms with Gasteiger partial charge in [0, 0.05) is 31.5 Å². The van der Waals surface area contributed by atoms with Crippen LogP contribution in [0.1, 0.15) is 37.4 Å². The maximum atomic E-state index is 5.27. The van der Waals surface area contributed by atoms with Gasteiger partial charge in [0.15, 0.2) is 0 Å². The van der Waals surface area contributed by atoms with E-state index >= 15 is 0 Å². The Morgan fingerprint density at radius 3 is 2.90 bits per heavy atom. The first-order valence-corrected chi connectivity index (χ1v) is 7.25. The van der Waals surface area contributed by atoms with E-state index in [0.29, 0.717) is 6.04 Å². The smallest absolute Gasteiger partial charge is 0.119 e. The zero-order chi connectivity index (χ0) is 14.4. The molecule has 0 bridgehead atoms. The van der Waals surface area contributed by atoms with Crippen molar-refractivity contribution in [2.24, 2.45) is 0 Å². The van der Waals surface area contributed by atoms with Crippen molar-refractivity contribution in [1.29, 1.82) is 0 Å². The van der Waals surface area contributed by atoms with Crippen LogP contribution in [0.2, 0.25) is 0 Å². The topological polar surface area (TPSA) is 26.2 Å². The van der Waals surface area contributed by atoms with Gasteiger partial charge >= 0.3 is 0 Å². The van der Waals surface area contributed by atoms with Crippen molar-refractivity contribution in [2.45, 2.75) is 39.4 Å². The van der Waals surface area contributed by atoms with Gasteiger partial charge in [-0.25, -0.2) is 0 Å². The van der Waals surface area contributed by atoms with Gasteiger partial charge in [-0.05, 0) is 42.7 Å².